The molecule has 0 radical (unpaired) electrons. The summed E-state index contributed by atoms with van der Waals surface area (Å²) in [5.41, 5.74) is 1.82. The van der Waals surface area contributed by atoms with Gasteiger partial charge in [0.1, 0.15) is 17.7 Å². The predicted octanol–water partition coefficient (Wildman–Crippen LogP) is 4.20. The molecule has 2 aromatic carbocycles. The third-order valence-corrected chi connectivity index (χ3v) is 4.10. The number of rotatable bonds is 3. The Kier molecular flexibility index (Phi) is 3.93. The Labute approximate surface area is 124 Å². The van der Waals surface area contributed by atoms with Gasteiger partial charge < -0.3 is 9.84 Å². The summed E-state index contributed by atoms with van der Waals surface area (Å²) in [7, 11) is 0. The lowest BCUT2D eigenvalue weighted by Crippen LogP contribution is -2.27. The average Bonchev–Trinajstić information content (AvgIpc) is 2.49. The molecule has 3 heteroatoms. The van der Waals surface area contributed by atoms with Crippen LogP contribution in [0.1, 0.15) is 42.9 Å². The van der Waals surface area contributed by atoms with Gasteiger partial charge in [-0.15, -0.1) is 0 Å². The Hall–Kier alpha value is -1.87. The topological polar surface area (TPSA) is 29.5 Å². The minimum absolute atomic E-state index is 0.0480. The zero-order valence-electron chi connectivity index (χ0n) is 12.0. The molecule has 2 nitrogen and oxygen atoms in total. The van der Waals surface area contributed by atoms with E-state index < -0.39 is 6.10 Å². The van der Waals surface area contributed by atoms with Gasteiger partial charge in [0, 0.05) is 12.0 Å². The van der Waals surface area contributed by atoms with E-state index in [1.165, 1.54) is 17.7 Å². The first-order chi connectivity index (χ1) is 10.1. The van der Waals surface area contributed by atoms with Crippen molar-refractivity contribution in [2.45, 2.75) is 37.9 Å². The first-order valence-corrected chi connectivity index (χ1v) is 7.32. The first kappa shape index (κ1) is 14.1. The number of hydrogen-bond acceptors (Lipinski definition) is 2. The largest absolute Gasteiger partial charge is 0.490 e. The normalized spacial score (nSPS) is 22.2. The highest BCUT2D eigenvalue weighted by Crippen LogP contribution is 2.37. The molecule has 110 valence electrons. The summed E-state index contributed by atoms with van der Waals surface area (Å²) in [5, 5.41) is 10.2. The fraction of sp³-hybridized carbons (Fsp3) is 0.333. The summed E-state index contributed by atoms with van der Waals surface area (Å²) in [6.45, 7) is 2.16. The van der Waals surface area contributed by atoms with Crippen LogP contribution in [0.4, 0.5) is 4.39 Å². The van der Waals surface area contributed by atoms with Crippen molar-refractivity contribution in [2.75, 3.05) is 0 Å². The Morgan fingerprint density at radius 1 is 1.24 bits per heavy atom. The molecule has 0 aromatic heterocycles. The number of benzene rings is 2. The molecule has 21 heavy (non-hydrogen) atoms. The lowest BCUT2D eigenvalue weighted by atomic mass is 9.90. The Morgan fingerprint density at radius 2 is 2.00 bits per heavy atom. The molecule has 0 fully saturated rings. The summed E-state index contributed by atoms with van der Waals surface area (Å²) >= 11 is 0. The zero-order chi connectivity index (χ0) is 14.8. The van der Waals surface area contributed by atoms with Gasteiger partial charge in [-0.1, -0.05) is 37.3 Å². The summed E-state index contributed by atoms with van der Waals surface area (Å²) in [6.07, 6.45) is 0.636. The maximum atomic E-state index is 13.2. The molecule has 1 N–H and O–H groups in total. The summed E-state index contributed by atoms with van der Waals surface area (Å²) < 4.78 is 19.2. The third kappa shape index (κ3) is 3.08. The lowest BCUT2D eigenvalue weighted by molar-refractivity contribution is 0.0585. The second kappa shape index (κ2) is 5.86. The van der Waals surface area contributed by atoms with E-state index in [-0.39, 0.29) is 11.9 Å². The third-order valence-electron chi connectivity index (χ3n) is 4.10. The molecule has 3 rings (SSSR count). The van der Waals surface area contributed by atoms with E-state index in [2.05, 4.69) is 19.1 Å². The standard InChI is InChI=1S/C18H19FO2/c1-12(13-5-3-2-4-6-13)9-15-11-17(20)16-10-14(19)7-8-18(16)21-15/h2-8,10,12,15,17,20H,9,11H2,1H3/t12?,15?,17-/m0/s1. The number of hydrogen-bond donors (Lipinski definition) is 1. The summed E-state index contributed by atoms with van der Waals surface area (Å²) in [6, 6.07) is 14.6. The van der Waals surface area contributed by atoms with Gasteiger partial charge in [-0.3, -0.25) is 0 Å². The Morgan fingerprint density at radius 3 is 2.76 bits per heavy atom. The zero-order valence-corrected chi connectivity index (χ0v) is 12.0. The monoisotopic (exact) mass is 286 g/mol. The van der Waals surface area contributed by atoms with E-state index in [1.54, 1.807) is 6.07 Å². The number of halogens is 1. The summed E-state index contributed by atoms with van der Waals surface area (Å²) in [5.74, 6) is 0.610. The molecule has 0 spiro atoms. The number of aliphatic hydroxyl groups excluding tert-OH is 1. The second-order valence-corrected chi connectivity index (χ2v) is 5.72. The predicted molar refractivity (Wildman–Crippen MR) is 79.9 cm³/mol. The van der Waals surface area contributed by atoms with Gasteiger partial charge >= 0.3 is 0 Å². The van der Waals surface area contributed by atoms with Crippen LogP contribution >= 0.6 is 0 Å². The highest BCUT2D eigenvalue weighted by molar-refractivity contribution is 5.37. The van der Waals surface area contributed by atoms with Gasteiger partial charge in [0.15, 0.2) is 0 Å². The van der Waals surface area contributed by atoms with E-state index in [1.807, 2.05) is 18.2 Å². The van der Waals surface area contributed by atoms with Gasteiger partial charge in [0.05, 0.1) is 6.10 Å². The fourth-order valence-corrected chi connectivity index (χ4v) is 2.95. The minimum Gasteiger partial charge on any atom is -0.490 e. The average molecular weight is 286 g/mol. The highest BCUT2D eigenvalue weighted by atomic mass is 19.1. The van der Waals surface area contributed by atoms with Crippen LogP contribution in [0.2, 0.25) is 0 Å². The molecule has 0 saturated carbocycles. The van der Waals surface area contributed by atoms with Gasteiger partial charge in [0.25, 0.3) is 0 Å². The lowest BCUT2D eigenvalue weighted by Gasteiger charge is -2.31. The van der Waals surface area contributed by atoms with E-state index in [0.717, 1.165) is 6.42 Å². The van der Waals surface area contributed by atoms with Crippen molar-refractivity contribution in [2.24, 2.45) is 0 Å². The maximum absolute atomic E-state index is 13.2. The summed E-state index contributed by atoms with van der Waals surface area (Å²) in [4.78, 5) is 0. The van der Waals surface area contributed by atoms with Crippen molar-refractivity contribution in [3.8, 4) is 5.75 Å². The SMILES string of the molecule is CC(CC1C[C@H](O)c2cc(F)ccc2O1)c1ccccc1. The highest BCUT2D eigenvalue weighted by Gasteiger charge is 2.28. The fourth-order valence-electron chi connectivity index (χ4n) is 2.95. The number of fused-ring (bicyclic) bond motifs is 1. The second-order valence-electron chi connectivity index (χ2n) is 5.72. The van der Waals surface area contributed by atoms with Gasteiger partial charge in [-0.25, -0.2) is 4.39 Å². The maximum Gasteiger partial charge on any atom is 0.125 e. The molecule has 0 bridgehead atoms. The van der Waals surface area contributed by atoms with Gasteiger partial charge in [0.2, 0.25) is 0 Å². The van der Waals surface area contributed by atoms with E-state index in [4.69, 9.17) is 4.74 Å². The van der Waals surface area contributed by atoms with Gasteiger partial charge in [-0.05, 0) is 36.1 Å². The molecular formula is C18H19FO2. The Balaban J connectivity index is 1.73. The van der Waals surface area contributed by atoms with Crippen LogP contribution in [0.15, 0.2) is 48.5 Å². The molecule has 0 saturated heterocycles. The van der Waals surface area contributed by atoms with E-state index in [0.29, 0.717) is 23.7 Å². The smallest absolute Gasteiger partial charge is 0.125 e. The Bertz CT molecular complexity index is 612. The van der Waals surface area contributed by atoms with Crippen LogP contribution in [-0.2, 0) is 0 Å². The van der Waals surface area contributed by atoms with Crippen molar-refractivity contribution in [1.82, 2.24) is 0 Å². The number of aliphatic hydroxyl groups is 1. The van der Waals surface area contributed by atoms with Gasteiger partial charge in [-0.2, -0.15) is 0 Å². The molecule has 3 atom stereocenters. The molecule has 2 unspecified atom stereocenters. The molecular weight excluding hydrogens is 267 g/mol. The van der Waals surface area contributed by atoms with Crippen LogP contribution in [0.5, 0.6) is 5.75 Å². The first-order valence-electron chi connectivity index (χ1n) is 7.32. The molecule has 0 aliphatic carbocycles. The van der Waals surface area contributed by atoms with Crippen molar-refractivity contribution < 1.29 is 14.2 Å². The van der Waals surface area contributed by atoms with E-state index >= 15 is 0 Å². The van der Waals surface area contributed by atoms with Crippen LogP contribution < -0.4 is 4.74 Å². The van der Waals surface area contributed by atoms with Crippen molar-refractivity contribution in [3.63, 3.8) is 0 Å². The molecule has 0 amide bonds. The van der Waals surface area contributed by atoms with E-state index in [9.17, 15) is 9.50 Å². The van der Waals surface area contributed by atoms with Crippen molar-refractivity contribution in [3.05, 3.63) is 65.5 Å². The van der Waals surface area contributed by atoms with Crippen molar-refractivity contribution >= 4 is 0 Å². The minimum atomic E-state index is -0.655. The number of ether oxygens (including phenoxy) is 1. The molecule has 2 aromatic rings. The van der Waals surface area contributed by atoms with Crippen LogP contribution in [0.25, 0.3) is 0 Å². The molecule has 1 heterocycles. The van der Waals surface area contributed by atoms with Crippen LogP contribution in [0, 0.1) is 5.82 Å². The quantitative estimate of drug-likeness (QED) is 0.916. The van der Waals surface area contributed by atoms with Crippen LogP contribution in [0.3, 0.4) is 0 Å². The van der Waals surface area contributed by atoms with Crippen molar-refractivity contribution in [1.29, 1.82) is 0 Å². The molecule has 1 aliphatic rings. The molecule has 1 aliphatic heterocycles. The van der Waals surface area contributed by atoms with Crippen LogP contribution in [-0.4, -0.2) is 11.2 Å².